The van der Waals surface area contributed by atoms with E-state index in [0.717, 1.165) is 45.3 Å². The van der Waals surface area contributed by atoms with E-state index in [9.17, 15) is 0 Å². The van der Waals surface area contributed by atoms with Crippen LogP contribution in [0.3, 0.4) is 0 Å². The second kappa shape index (κ2) is 10.2. The van der Waals surface area contributed by atoms with Gasteiger partial charge in [0.25, 0.3) is 0 Å². The standard InChI is InChI=1S/C46H31NO2/c1-2-16-31-28(12-1)13-10-20-32(31)29-14-9-15-30(26-29)47(38-22-11-25-41-44(38)34-18-4-7-23-39(34)48-41)37-21-6-3-17-33(37)43-36-27-42-45(46(36)43)35-19-5-8-24-40(35)49-42/h1-26,36,43,46H,27H2. The van der Waals surface area contributed by atoms with Gasteiger partial charge < -0.3 is 13.7 Å². The number of hydrogen-bond donors (Lipinski definition) is 0. The normalized spacial score (nSPS) is 17.9. The van der Waals surface area contributed by atoms with Crippen LogP contribution in [0.15, 0.2) is 167 Å². The van der Waals surface area contributed by atoms with Gasteiger partial charge in [-0.3, -0.25) is 0 Å². The SMILES string of the molecule is c1cc(-c2cccc3ccccc23)cc(N(c2ccccc2C2C3Cc4oc5ccccc5c4C32)c2cccc3oc4ccccc4c23)c1. The quantitative estimate of drug-likeness (QED) is 0.190. The molecule has 2 aliphatic carbocycles. The second-order valence-electron chi connectivity index (χ2n) is 13.6. The van der Waals surface area contributed by atoms with Crippen LogP contribution in [0, 0.1) is 5.92 Å². The van der Waals surface area contributed by atoms with Crippen molar-refractivity contribution in [3.8, 4) is 11.1 Å². The Morgan fingerprint density at radius 3 is 2.10 bits per heavy atom. The highest BCUT2D eigenvalue weighted by Gasteiger charge is 2.59. The van der Waals surface area contributed by atoms with E-state index in [4.69, 9.17) is 8.83 Å². The molecule has 0 aliphatic heterocycles. The summed E-state index contributed by atoms with van der Waals surface area (Å²) in [6.07, 6.45) is 0.992. The lowest BCUT2D eigenvalue weighted by molar-refractivity contribution is 0.538. The summed E-state index contributed by atoms with van der Waals surface area (Å²) in [7, 11) is 0. The summed E-state index contributed by atoms with van der Waals surface area (Å²) in [6, 6.07) is 56.8. The van der Waals surface area contributed by atoms with E-state index in [2.05, 4.69) is 157 Å². The summed E-state index contributed by atoms with van der Waals surface area (Å²) >= 11 is 0. The third-order valence-corrected chi connectivity index (χ3v) is 11.0. The van der Waals surface area contributed by atoms with Crippen molar-refractivity contribution in [2.24, 2.45) is 5.92 Å². The maximum atomic E-state index is 6.44. The maximum Gasteiger partial charge on any atom is 0.137 e. The van der Waals surface area contributed by atoms with Crippen molar-refractivity contribution >= 4 is 60.7 Å². The van der Waals surface area contributed by atoms with Crippen LogP contribution < -0.4 is 4.90 Å². The Morgan fingerprint density at radius 2 is 1.18 bits per heavy atom. The van der Waals surface area contributed by atoms with Crippen molar-refractivity contribution in [2.75, 3.05) is 4.90 Å². The molecule has 1 fully saturated rings. The second-order valence-corrected chi connectivity index (χ2v) is 13.6. The third kappa shape index (κ3) is 3.96. The largest absolute Gasteiger partial charge is 0.461 e. The van der Waals surface area contributed by atoms with Crippen molar-refractivity contribution in [1.29, 1.82) is 0 Å². The average molecular weight is 630 g/mol. The molecule has 2 aliphatic rings. The van der Waals surface area contributed by atoms with Gasteiger partial charge in [0.2, 0.25) is 0 Å². The van der Waals surface area contributed by atoms with Gasteiger partial charge in [0.15, 0.2) is 0 Å². The predicted octanol–water partition coefficient (Wildman–Crippen LogP) is 12.7. The third-order valence-electron chi connectivity index (χ3n) is 11.0. The molecule has 0 saturated heterocycles. The Bertz CT molecular complexity index is 2740. The number of anilines is 3. The summed E-state index contributed by atoms with van der Waals surface area (Å²) in [5, 5.41) is 6.03. The summed E-state index contributed by atoms with van der Waals surface area (Å²) < 4.78 is 12.8. The number of fused-ring (bicyclic) bond motifs is 9. The Labute approximate surface area is 283 Å². The van der Waals surface area contributed by atoms with Crippen LogP contribution in [0.2, 0.25) is 0 Å². The van der Waals surface area contributed by atoms with Crippen LogP contribution in [0.4, 0.5) is 17.1 Å². The molecule has 232 valence electrons. The van der Waals surface area contributed by atoms with Gasteiger partial charge in [-0.2, -0.15) is 0 Å². The van der Waals surface area contributed by atoms with Crippen molar-refractivity contribution in [1.82, 2.24) is 0 Å². The molecule has 3 unspecified atom stereocenters. The van der Waals surface area contributed by atoms with Crippen LogP contribution in [0.1, 0.15) is 28.7 Å². The van der Waals surface area contributed by atoms with Crippen molar-refractivity contribution in [2.45, 2.75) is 18.3 Å². The molecule has 0 bridgehead atoms. The molecule has 3 heteroatoms. The van der Waals surface area contributed by atoms with Crippen molar-refractivity contribution in [3.05, 3.63) is 175 Å². The first-order chi connectivity index (χ1) is 24.3. The predicted molar refractivity (Wildman–Crippen MR) is 200 cm³/mol. The van der Waals surface area contributed by atoms with Crippen LogP contribution in [-0.4, -0.2) is 0 Å². The first-order valence-electron chi connectivity index (χ1n) is 17.2. The number of benzene rings is 7. The van der Waals surface area contributed by atoms with Crippen molar-refractivity contribution in [3.63, 3.8) is 0 Å². The number of nitrogens with zero attached hydrogens (tertiary/aromatic N) is 1. The van der Waals surface area contributed by atoms with Crippen LogP contribution in [0.5, 0.6) is 0 Å². The fourth-order valence-corrected chi connectivity index (χ4v) is 8.91. The molecule has 0 amide bonds. The maximum absolute atomic E-state index is 6.44. The number of rotatable bonds is 5. The molecule has 0 spiro atoms. The highest BCUT2D eigenvalue weighted by atomic mass is 16.3. The molecule has 0 radical (unpaired) electrons. The number of para-hydroxylation sites is 3. The zero-order chi connectivity index (χ0) is 32.1. The van der Waals surface area contributed by atoms with E-state index in [-0.39, 0.29) is 0 Å². The molecule has 7 aromatic carbocycles. The van der Waals surface area contributed by atoms with Gasteiger partial charge in [-0.1, -0.05) is 115 Å². The molecule has 49 heavy (non-hydrogen) atoms. The first-order valence-corrected chi connectivity index (χ1v) is 17.2. The molecule has 3 nitrogen and oxygen atoms in total. The highest BCUT2D eigenvalue weighted by Crippen LogP contribution is 2.69. The van der Waals surface area contributed by atoms with Crippen molar-refractivity contribution < 1.29 is 8.83 Å². The van der Waals surface area contributed by atoms with Gasteiger partial charge in [0.05, 0.1) is 11.1 Å². The molecular formula is C46H31NO2. The lowest BCUT2D eigenvalue weighted by atomic mass is 9.96. The smallest absolute Gasteiger partial charge is 0.137 e. The van der Waals surface area contributed by atoms with Crippen LogP contribution >= 0.6 is 0 Å². The van der Waals surface area contributed by atoms with Gasteiger partial charge in [0, 0.05) is 34.1 Å². The lowest BCUT2D eigenvalue weighted by Crippen LogP contribution is -2.13. The molecular weight excluding hydrogens is 599 g/mol. The summed E-state index contributed by atoms with van der Waals surface area (Å²) in [4.78, 5) is 2.48. The minimum absolute atomic E-state index is 0.425. The monoisotopic (exact) mass is 629 g/mol. The summed E-state index contributed by atoms with van der Waals surface area (Å²) in [5.41, 5.74) is 11.5. The minimum Gasteiger partial charge on any atom is -0.461 e. The Kier molecular flexibility index (Phi) is 5.62. The highest BCUT2D eigenvalue weighted by molar-refractivity contribution is 6.13. The summed E-state index contributed by atoms with van der Waals surface area (Å²) in [5.74, 6) is 2.62. The van der Waals surface area contributed by atoms with E-state index in [1.807, 2.05) is 6.07 Å². The van der Waals surface area contributed by atoms with Gasteiger partial charge >= 0.3 is 0 Å². The van der Waals surface area contributed by atoms with E-state index in [1.165, 1.54) is 49.9 Å². The van der Waals surface area contributed by atoms with Gasteiger partial charge in [-0.25, -0.2) is 0 Å². The van der Waals surface area contributed by atoms with E-state index in [0.29, 0.717) is 17.8 Å². The number of furan rings is 2. The first kappa shape index (κ1) is 26.9. The topological polar surface area (TPSA) is 29.5 Å². The van der Waals surface area contributed by atoms with E-state index in [1.54, 1.807) is 0 Å². The van der Waals surface area contributed by atoms with Crippen LogP contribution in [0.25, 0.3) is 54.8 Å². The molecule has 0 N–H and O–H groups in total. The van der Waals surface area contributed by atoms with Gasteiger partial charge in [0.1, 0.15) is 22.5 Å². The summed E-state index contributed by atoms with van der Waals surface area (Å²) in [6.45, 7) is 0. The molecule has 1 saturated carbocycles. The fraction of sp³-hybridized carbons (Fsp3) is 0.0870. The minimum atomic E-state index is 0.425. The Balaban J connectivity index is 1.13. The molecule has 2 aromatic heterocycles. The van der Waals surface area contributed by atoms with E-state index >= 15 is 0 Å². The van der Waals surface area contributed by atoms with E-state index < -0.39 is 0 Å². The molecule has 9 aromatic rings. The molecule has 3 atom stereocenters. The zero-order valence-corrected chi connectivity index (χ0v) is 26.7. The Hall–Kier alpha value is -6.06. The lowest BCUT2D eigenvalue weighted by Gasteiger charge is -2.29. The number of hydrogen-bond acceptors (Lipinski definition) is 3. The molecule has 2 heterocycles. The average Bonchev–Trinajstić information content (AvgIpc) is 3.42. The zero-order valence-electron chi connectivity index (χ0n) is 26.7. The van der Waals surface area contributed by atoms with Gasteiger partial charge in [-0.05, 0) is 87.7 Å². The fourth-order valence-electron chi connectivity index (χ4n) is 8.91. The Morgan fingerprint density at radius 1 is 0.510 bits per heavy atom. The van der Waals surface area contributed by atoms with Gasteiger partial charge in [-0.15, -0.1) is 0 Å². The van der Waals surface area contributed by atoms with Crippen LogP contribution in [-0.2, 0) is 6.42 Å². The molecule has 11 rings (SSSR count).